The molecule has 2 heterocycles. The van der Waals surface area contributed by atoms with Crippen LogP contribution in [0.2, 0.25) is 0 Å². The highest BCUT2D eigenvalue weighted by molar-refractivity contribution is 8.00. The maximum absolute atomic E-state index is 13.0. The van der Waals surface area contributed by atoms with Crippen LogP contribution in [-0.4, -0.2) is 22.1 Å². The van der Waals surface area contributed by atoms with Crippen LogP contribution in [0.25, 0.3) is 0 Å². The zero-order valence-electron chi connectivity index (χ0n) is 18.1. The van der Waals surface area contributed by atoms with Crippen LogP contribution in [0.1, 0.15) is 40.1 Å². The Hall–Kier alpha value is -3.40. The van der Waals surface area contributed by atoms with Crippen molar-refractivity contribution in [2.75, 3.05) is 5.32 Å². The highest BCUT2D eigenvalue weighted by Gasteiger charge is 2.38. The van der Waals surface area contributed by atoms with Crippen molar-refractivity contribution in [3.8, 4) is 5.75 Å². The first-order valence-electron chi connectivity index (χ1n) is 10.2. The molecule has 1 amide bonds. The average Bonchev–Trinajstić information content (AvgIpc) is 3.58. The summed E-state index contributed by atoms with van der Waals surface area (Å²) >= 11 is 2.22. The molecule has 0 unspecified atom stereocenters. The van der Waals surface area contributed by atoms with Gasteiger partial charge in [-0.1, -0.05) is 23.1 Å². The quantitative estimate of drug-likeness (QED) is 0.176. The number of nitrogens with one attached hydrogen (secondary N) is 1. The van der Waals surface area contributed by atoms with E-state index in [-0.39, 0.29) is 41.5 Å². The van der Waals surface area contributed by atoms with Gasteiger partial charge in [0.15, 0.2) is 4.34 Å². The van der Waals surface area contributed by atoms with Gasteiger partial charge in [-0.15, -0.1) is 10.2 Å². The number of thioether (sulfide) groups is 1. The Kier molecular flexibility index (Phi) is 7.32. The first-order chi connectivity index (χ1) is 17.3. The Morgan fingerprint density at radius 1 is 1.05 bits per heavy atom. The largest absolute Gasteiger partial charge is 0.464 e. The number of benzene rings is 1. The van der Waals surface area contributed by atoms with Crippen LogP contribution in [0, 0.1) is 5.92 Å². The maximum atomic E-state index is 13.0. The van der Waals surface area contributed by atoms with Gasteiger partial charge in [0, 0.05) is 12.0 Å². The molecular formula is C21H13F6N3O5S2. The summed E-state index contributed by atoms with van der Waals surface area (Å²) in [5.41, 5.74) is -5.36. The number of ether oxygens (including phenoxy) is 1. The summed E-state index contributed by atoms with van der Waals surface area (Å²) in [5, 5.41) is 10.7. The molecule has 3 aromatic rings. The number of amides is 1. The lowest BCUT2D eigenvalue weighted by Gasteiger charge is -2.13. The molecule has 1 saturated carbocycles. The lowest BCUT2D eigenvalue weighted by Crippen LogP contribution is -2.18. The monoisotopic (exact) mass is 565 g/mol. The van der Waals surface area contributed by atoms with Crippen LogP contribution in [0.5, 0.6) is 5.75 Å². The van der Waals surface area contributed by atoms with Gasteiger partial charge in [0.25, 0.3) is 0 Å². The van der Waals surface area contributed by atoms with Gasteiger partial charge in [0.05, 0.1) is 22.4 Å². The predicted molar refractivity (Wildman–Crippen MR) is 117 cm³/mol. The van der Waals surface area contributed by atoms with Crippen LogP contribution >= 0.6 is 23.1 Å². The molecular weight excluding hydrogens is 552 g/mol. The van der Waals surface area contributed by atoms with Gasteiger partial charge in [-0.3, -0.25) is 9.59 Å². The van der Waals surface area contributed by atoms with Crippen LogP contribution < -0.4 is 15.5 Å². The van der Waals surface area contributed by atoms with Crippen LogP contribution in [0.15, 0.2) is 44.1 Å². The number of aromatic nitrogens is 2. The summed E-state index contributed by atoms with van der Waals surface area (Å²) in [6.07, 6.45) is -7.96. The molecule has 0 bridgehead atoms. The van der Waals surface area contributed by atoms with Gasteiger partial charge in [-0.05, 0) is 31.0 Å². The molecule has 8 nitrogen and oxygen atoms in total. The number of esters is 1. The summed E-state index contributed by atoms with van der Waals surface area (Å²) in [4.78, 5) is 36.3. The third-order valence-electron chi connectivity index (χ3n) is 4.80. The fourth-order valence-corrected chi connectivity index (χ4v) is 4.47. The summed E-state index contributed by atoms with van der Waals surface area (Å²) in [7, 11) is 0. The third kappa shape index (κ3) is 6.88. The molecule has 196 valence electrons. The molecule has 1 aliphatic carbocycles. The highest BCUT2D eigenvalue weighted by Crippen LogP contribution is 2.37. The molecule has 0 spiro atoms. The normalized spacial score (nSPS) is 13.9. The number of anilines is 1. The summed E-state index contributed by atoms with van der Waals surface area (Å²) < 4.78 is 88.4. The van der Waals surface area contributed by atoms with Crippen molar-refractivity contribution in [1.29, 1.82) is 0 Å². The zero-order valence-corrected chi connectivity index (χ0v) is 19.7. The van der Waals surface area contributed by atoms with Crippen molar-refractivity contribution in [2.24, 2.45) is 5.92 Å². The predicted octanol–water partition coefficient (Wildman–Crippen LogP) is 5.39. The van der Waals surface area contributed by atoms with Gasteiger partial charge in [-0.25, -0.2) is 4.79 Å². The number of carbonyl (C=O) groups excluding carboxylic acids is 2. The number of carbonyl (C=O) groups is 2. The van der Waals surface area contributed by atoms with E-state index in [1.165, 1.54) is 0 Å². The number of halogens is 6. The Labute approximate surface area is 211 Å². The summed E-state index contributed by atoms with van der Waals surface area (Å²) in [6, 6.07) is 1.18. The lowest BCUT2D eigenvalue weighted by molar-refractivity contribution is -0.143. The van der Waals surface area contributed by atoms with E-state index in [1.807, 2.05) is 0 Å². The number of hydrogen-bond acceptors (Lipinski definition) is 9. The van der Waals surface area contributed by atoms with Crippen LogP contribution in [-0.2, 0) is 22.9 Å². The molecule has 1 aromatic carbocycles. The van der Waals surface area contributed by atoms with E-state index in [0.717, 1.165) is 48.3 Å². The van der Waals surface area contributed by atoms with E-state index >= 15 is 0 Å². The van der Waals surface area contributed by atoms with Gasteiger partial charge < -0.3 is 14.5 Å². The van der Waals surface area contributed by atoms with E-state index in [1.54, 1.807) is 0 Å². The second kappa shape index (κ2) is 10.2. The number of alkyl halides is 6. The molecule has 16 heteroatoms. The molecule has 0 aliphatic heterocycles. The van der Waals surface area contributed by atoms with Gasteiger partial charge >= 0.3 is 18.3 Å². The molecule has 1 fully saturated rings. The van der Waals surface area contributed by atoms with Crippen molar-refractivity contribution in [3.63, 3.8) is 0 Å². The topological polar surface area (TPSA) is 111 Å². The molecule has 37 heavy (non-hydrogen) atoms. The molecule has 1 aliphatic rings. The van der Waals surface area contributed by atoms with E-state index in [2.05, 4.69) is 15.5 Å². The minimum absolute atomic E-state index is 0.0119. The fourth-order valence-electron chi connectivity index (χ4n) is 2.82. The third-order valence-corrected chi connectivity index (χ3v) is 6.80. The number of hydrogen-bond donors (Lipinski definition) is 1. The molecule has 2 aromatic heterocycles. The zero-order chi connectivity index (χ0) is 27.0. The van der Waals surface area contributed by atoms with Crippen LogP contribution in [0.3, 0.4) is 0 Å². The number of nitrogens with zero attached hydrogens (tertiary/aromatic N) is 2. The van der Waals surface area contributed by atoms with Crippen molar-refractivity contribution < 1.29 is 45.1 Å². The molecule has 0 atom stereocenters. The van der Waals surface area contributed by atoms with Gasteiger partial charge in [0.2, 0.25) is 22.2 Å². The van der Waals surface area contributed by atoms with E-state index in [9.17, 15) is 40.7 Å². The van der Waals surface area contributed by atoms with Crippen molar-refractivity contribution >= 4 is 40.1 Å². The molecule has 0 radical (unpaired) electrons. The molecule has 0 saturated heterocycles. The highest BCUT2D eigenvalue weighted by atomic mass is 32.2. The SMILES string of the molecule is O=C(Oc1coc(CSc2nnc(NC(=O)C3CC3)s2)cc1=O)c1cc(C(F)(F)F)cc(C(F)(F)F)c1. The Bertz CT molecular complexity index is 1370. The minimum atomic E-state index is -5.16. The maximum Gasteiger partial charge on any atom is 0.416 e. The second-order valence-electron chi connectivity index (χ2n) is 7.68. The van der Waals surface area contributed by atoms with E-state index in [4.69, 9.17) is 9.15 Å². The first-order valence-corrected chi connectivity index (χ1v) is 12.0. The fraction of sp³-hybridized carbons (Fsp3) is 0.286. The number of rotatable bonds is 7. The standard InChI is InChI=1S/C21H13F6N3O5S2/c22-20(23,24)11-3-10(4-12(5-11)21(25,26)27)17(33)35-15-7-34-13(6-14(15)31)8-36-19-30-29-18(37-19)28-16(32)9-1-2-9/h3-7,9H,1-2,8H2,(H,28,29,32). The van der Waals surface area contributed by atoms with Gasteiger partial charge in [0.1, 0.15) is 12.0 Å². The Morgan fingerprint density at radius 2 is 1.70 bits per heavy atom. The summed E-state index contributed by atoms with van der Waals surface area (Å²) in [5.74, 6) is -2.30. The Balaban J connectivity index is 1.42. The van der Waals surface area contributed by atoms with E-state index in [0.29, 0.717) is 9.47 Å². The molecule has 1 N–H and O–H groups in total. The van der Waals surface area contributed by atoms with Crippen molar-refractivity contribution in [2.45, 2.75) is 35.3 Å². The van der Waals surface area contributed by atoms with Crippen molar-refractivity contribution in [1.82, 2.24) is 10.2 Å². The smallest absolute Gasteiger partial charge is 0.416 e. The first kappa shape index (κ1) is 26.7. The van der Waals surface area contributed by atoms with Crippen LogP contribution in [0.4, 0.5) is 31.5 Å². The van der Waals surface area contributed by atoms with E-state index < -0.39 is 46.2 Å². The summed E-state index contributed by atoms with van der Waals surface area (Å²) in [6.45, 7) is 0. The second-order valence-corrected chi connectivity index (χ2v) is 9.88. The van der Waals surface area contributed by atoms with Gasteiger partial charge in [-0.2, -0.15) is 26.3 Å². The Morgan fingerprint density at radius 3 is 2.27 bits per heavy atom. The lowest BCUT2D eigenvalue weighted by atomic mass is 10.0. The molecule has 4 rings (SSSR count). The minimum Gasteiger partial charge on any atom is -0.464 e. The van der Waals surface area contributed by atoms with Crippen molar-refractivity contribution in [3.05, 3.63) is 63.2 Å². The average molecular weight is 565 g/mol.